The summed E-state index contributed by atoms with van der Waals surface area (Å²) >= 11 is 0. The van der Waals surface area contributed by atoms with E-state index in [4.69, 9.17) is 9.84 Å². The SMILES string of the molecule is CCC(NC1CCCN(C(=O)OC(C)(C)C)CC1)C(=O)O. The third-order valence-corrected chi connectivity index (χ3v) is 3.52. The van der Waals surface area contributed by atoms with E-state index < -0.39 is 17.6 Å². The van der Waals surface area contributed by atoms with Crippen LogP contribution in [0.2, 0.25) is 0 Å². The molecule has 2 atom stereocenters. The topological polar surface area (TPSA) is 78.9 Å². The van der Waals surface area contributed by atoms with Gasteiger partial charge in [-0.3, -0.25) is 4.79 Å². The molecular weight excluding hydrogens is 272 g/mol. The Bertz CT molecular complexity index is 365. The molecule has 21 heavy (non-hydrogen) atoms. The van der Waals surface area contributed by atoms with Gasteiger partial charge >= 0.3 is 12.1 Å². The van der Waals surface area contributed by atoms with Crippen LogP contribution in [0.25, 0.3) is 0 Å². The Morgan fingerprint density at radius 3 is 2.52 bits per heavy atom. The summed E-state index contributed by atoms with van der Waals surface area (Å²) in [5, 5.41) is 12.3. The van der Waals surface area contributed by atoms with Crippen LogP contribution < -0.4 is 5.32 Å². The van der Waals surface area contributed by atoms with Crippen molar-refractivity contribution in [2.75, 3.05) is 13.1 Å². The van der Waals surface area contributed by atoms with Gasteiger partial charge in [0.1, 0.15) is 11.6 Å². The molecule has 0 radical (unpaired) electrons. The number of amides is 1. The highest BCUT2D eigenvalue weighted by molar-refractivity contribution is 5.73. The van der Waals surface area contributed by atoms with Gasteiger partial charge in [0.25, 0.3) is 0 Å². The van der Waals surface area contributed by atoms with Crippen molar-refractivity contribution >= 4 is 12.1 Å². The summed E-state index contributed by atoms with van der Waals surface area (Å²) in [5.74, 6) is -0.814. The Kier molecular flexibility index (Phi) is 6.45. The van der Waals surface area contributed by atoms with E-state index in [2.05, 4.69) is 5.32 Å². The minimum atomic E-state index is -0.814. The maximum atomic E-state index is 12.0. The van der Waals surface area contributed by atoms with E-state index >= 15 is 0 Å². The van der Waals surface area contributed by atoms with Gasteiger partial charge in [-0.1, -0.05) is 6.92 Å². The maximum absolute atomic E-state index is 12.0. The molecule has 1 aliphatic rings. The van der Waals surface area contributed by atoms with Crippen molar-refractivity contribution in [3.05, 3.63) is 0 Å². The summed E-state index contributed by atoms with van der Waals surface area (Å²) in [6, 6.07) is -0.374. The lowest BCUT2D eigenvalue weighted by Gasteiger charge is -2.26. The summed E-state index contributed by atoms with van der Waals surface area (Å²) < 4.78 is 5.38. The van der Waals surface area contributed by atoms with Crippen LogP contribution >= 0.6 is 0 Å². The molecule has 0 aromatic heterocycles. The number of carboxylic acids is 1. The molecule has 2 N–H and O–H groups in total. The molecule has 1 saturated heterocycles. The smallest absolute Gasteiger partial charge is 0.410 e. The first-order valence-corrected chi connectivity index (χ1v) is 7.69. The third-order valence-electron chi connectivity index (χ3n) is 3.52. The van der Waals surface area contributed by atoms with Crippen LogP contribution in [0.3, 0.4) is 0 Å². The van der Waals surface area contributed by atoms with Crippen LogP contribution in [-0.4, -0.2) is 52.8 Å². The fourth-order valence-corrected chi connectivity index (χ4v) is 2.42. The number of rotatable bonds is 4. The second-order valence-electron chi connectivity index (χ2n) is 6.56. The molecule has 0 spiro atoms. The number of aliphatic carboxylic acids is 1. The molecule has 0 aliphatic carbocycles. The molecular formula is C15H28N2O4. The molecule has 1 fully saturated rings. The minimum Gasteiger partial charge on any atom is -0.480 e. The van der Waals surface area contributed by atoms with Gasteiger partial charge in [0, 0.05) is 19.1 Å². The molecule has 6 nitrogen and oxygen atoms in total. The second-order valence-corrected chi connectivity index (χ2v) is 6.56. The molecule has 1 rings (SSSR count). The first-order valence-electron chi connectivity index (χ1n) is 7.69. The van der Waals surface area contributed by atoms with E-state index in [1.807, 2.05) is 27.7 Å². The van der Waals surface area contributed by atoms with Crippen molar-refractivity contribution in [2.24, 2.45) is 0 Å². The first kappa shape index (κ1) is 17.8. The number of hydrogen-bond donors (Lipinski definition) is 2. The molecule has 1 amide bonds. The van der Waals surface area contributed by atoms with Crippen LogP contribution in [0.5, 0.6) is 0 Å². The number of likely N-dealkylation sites (tertiary alicyclic amines) is 1. The van der Waals surface area contributed by atoms with Crippen LogP contribution in [-0.2, 0) is 9.53 Å². The molecule has 0 aromatic carbocycles. The van der Waals surface area contributed by atoms with Gasteiger partial charge < -0.3 is 20.1 Å². The monoisotopic (exact) mass is 300 g/mol. The van der Waals surface area contributed by atoms with Gasteiger partial charge in [0.2, 0.25) is 0 Å². The van der Waals surface area contributed by atoms with Crippen LogP contribution in [0.1, 0.15) is 53.4 Å². The number of nitrogens with zero attached hydrogens (tertiary/aromatic N) is 1. The van der Waals surface area contributed by atoms with Crippen LogP contribution in [0.15, 0.2) is 0 Å². The lowest BCUT2D eigenvalue weighted by atomic mass is 10.1. The van der Waals surface area contributed by atoms with Gasteiger partial charge in [0.05, 0.1) is 0 Å². The Morgan fingerprint density at radius 2 is 2.00 bits per heavy atom. The molecule has 0 bridgehead atoms. The molecule has 1 aliphatic heterocycles. The Morgan fingerprint density at radius 1 is 1.33 bits per heavy atom. The number of carboxylic acid groups (broad SMARTS) is 1. The number of carbonyl (C=O) groups is 2. The standard InChI is InChI=1S/C15H28N2O4/c1-5-12(13(18)19)16-11-7-6-9-17(10-8-11)14(20)21-15(2,3)4/h11-12,16H,5-10H2,1-4H3,(H,18,19). The van der Waals surface area contributed by atoms with Gasteiger partial charge in [0.15, 0.2) is 0 Å². The highest BCUT2D eigenvalue weighted by Gasteiger charge is 2.26. The molecule has 1 heterocycles. The minimum absolute atomic E-state index is 0.137. The summed E-state index contributed by atoms with van der Waals surface area (Å²) in [4.78, 5) is 24.8. The number of hydrogen-bond acceptors (Lipinski definition) is 4. The van der Waals surface area contributed by atoms with E-state index in [1.54, 1.807) is 4.90 Å². The average Bonchev–Trinajstić information content (AvgIpc) is 2.58. The van der Waals surface area contributed by atoms with E-state index in [-0.39, 0.29) is 12.1 Å². The van der Waals surface area contributed by atoms with Crippen molar-refractivity contribution in [3.63, 3.8) is 0 Å². The summed E-state index contributed by atoms with van der Waals surface area (Å²) in [6.07, 6.45) is 2.76. The number of carbonyl (C=O) groups excluding carboxylic acids is 1. The fourth-order valence-electron chi connectivity index (χ4n) is 2.42. The average molecular weight is 300 g/mol. The van der Waals surface area contributed by atoms with Crippen molar-refractivity contribution in [1.29, 1.82) is 0 Å². The van der Waals surface area contributed by atoms with Gasteiger partial charge in [-0.2, -0.15) is 0 Å². The Labute approximate surface area is 126 Å². The normalized spacial score (nSPS) is 21.5. The maximum Gasteiger partial charge on any atom is 0.410 e. The number of nitrogens with one attached hydrogen (secondary N) is 1. The van der Waals surface area contributed by atoms with Crippen molar-refractivity contribution in [1.82, 2.24) is 10.2 Å². The summed E-state index contributed by atoms with van der Waals surface area (Å²) in [5.41, 5.74) is -0.488. The molecule has 0 saturated carbocycles. The summed E-state index contributed by atoms with van der Waals surface area (Å²) in [7, 11) is 0. The van der Waals surface area contributed by atoms with Crippen molar-refractivity contribution in [2.45, 2.75) is 71.1 Å². The molecule has 2 unspecified atom stereocenters. The molecule has 122 valence electrons. The van der Waals surface area contributed by atoms with E-state index in [0.717, 1.165) is 19.3 Å². The van der Waals surface area contributed by atoms with E-state index in [1.165, 1.54) is 0 Å². The zero-order valence-corrected chi connectivity index (χ0v) is 13.5. The fraction of sp³-hybridized carbons (Fsp3) is 0.867. The lowest BCUT2D eigenvalue weighted by Crippen LogP contribution is -2.43. The number of ether oxygens (including phenoxy) is 1. The highest BCUT2D eigenvalue weighted by atomic mass is 16.6. The van der Waals surface area contributed by atoms with Crippen molar-refractivity contribution in [3.8, 4) is 0 Å². The predicted molar refractivity (Wildman–Crippen MR) is 80.3 cm³/mol. The van der Waals surface area contributed by atoms with Crippen molar-refractivity contribution < 1.29 is 19.4 Å². The van der Waals surface area contributed by atoms with Gasteiger partial charge in [-0.15, -0.1) is 0 Å². The van der Waals surface area contributed by atoms with Gasteiger partial charge in [-0.25, -0.2) is 4.79 Å². The Balaban J connectivity index is 2.50. The lowest BCUT2D eigenvalue weighted by molar-refractivity contribution is -0.139. The third kappa shape index (κ3) is 6.33. The molecule has 0 aromatic rings. The molecule has 6 heteroatoms. The van der Waals surface area contributed by atoms with Crippen LogP contribution in [0, 0.1) is 0 Å². The van der Waals surface area contributed by atoms with Gasteiger partial charge in [-0.05, 0) is 46.5 Å². The first-order chi connectivity index (χ1) is 9.73. The highest BCUT2D eigenvalue weighted by Crippen LogP contribution is 2.16. The summed E-state index contributed by atoms with van der Waals surface area (Å²) in [6.45, 7) is 8.68. The largest absolute Gasteiger partial charge is 0.480 e. The van der Waals surface area contributed by atoms with Crippen LogP contribution in [0.4, 0.5) is 4.79 Å². The zero-order chi connectivity index (χ0) is 16.0. The zero-order valence-electron chi connectivity index (χ0n) is 13.5. The Hall–Kier alpha value is -1.30. The quantitative estimate of drug-likeness (QED) is 0.832. The second kappa shape index (κ2) is 7.64. The van der Waals surface area contributed by atoms with E-state index in [0.29, 0.717) is 19.5 Å². The van der Waals surface area contributed by atoms with E-state index in [9.17, 15) is 9.59 Å². The predicted octanol–water partition coefficient (Wildman–Crippen LogP) is 2.23.